The SMILES string of the molecule is CC(C)c1cccc(C(C)C)c1-n1ccnc1-c1[c-]cc2ocnc2c1.Cc1cccc(C)c1-n1ncnc1-c1[c-]cc2ocnc2c1.[Ir]. The van der Waals surface area contributed by atoms with Gasteiger partial charge in [0.15, 0.2) is 12.8 Å². The van der Waals surface area contributed by atoms with Crippen LogP contribution in [-0.4, -0.2) is 34.3 Å². The number of aromatic nitrogens is 7. The summed E-state index contributed by atoms with van der Waals surface area (Å²) in [5.41, 5.74) is 12.0. The predicted octanol–water partition coefficient (Wildman–Crippen LogP) is 9.22. The summed E-state index contributed by atoms with van der Waals surface area (Å²) in [6.07, 6.45) is 8.32. The molecule has 0 N–H and O–H groups in total. The maximum atomic E-state index is 5.34. The molecule has 1 radical (unpaired) electrons. The normalized spacial score (nSPS) is 11.3. The molecule has 0 bridgehead atoms. The monoisotopic (exact) mass is 826 g/mol. The topological polar surface area (TPSA) is 101 Å². The van der Waals surface area contributed by atoms with Gasteiger partial charge in [-0.05, 0) is 47.9 Å². The van der Waals surface area contributed by atoms with Crippen LogP contribution in [0.4, 0.5) is 0 Å². The molecule has 0 aliphatic carbocycles. The van der Waals surface area contributed by atoms with Crippen LogP contribution in [-0.2, 0) is 20.1 Å². The van der Waals surface area contributed by atoms with E-state index in [1.807, 2.05) is 41.3 Å². The van der Waals surface area contributed by atoms with Gasteiger partial charge < -0.3 is 13.4 Å². The third kappa shape index (κ3) is 6.49. The second-order valence-corrected chi connectivity index (χ2v) is 12.3. The number of para-hydroxylation sites is 2. The predicted molar refractivity (Wildman–Crippen MR) is 186 cm³/mol. The Labute approximate surface area is 298 Å². The Morgan fingerprint density at radius 2 is 1.22 bits per heavy atom. The Balaban J connectivity index is 0.000000169. The largest absolute Gasteiger partial charge is 0.490 e. The van der Waals surface area contributed by atoms with Crippen molar-refractivity contribution in [2.45, 2.75) is 53.4 Å². The molecular formula is C39H35IrN7O2-2. The minimum atomic E-state index is 0. The molecule has 249 valence electrons. The Hall–Kier alpha value is -5.18. The van der Waals surface area contributed by atoms with Gasteiger partial charge in [-0.15, -0.1) is 47.5 Å². The Bertz CT molecular complexity index is 2320. The number of nitrogens with zero attached hydrogens (tertiary/aromatic N) is 7. The molecule has 0 spiro atoms. The number of fused-ring (bicyclic) bond motifs is 2. The summed E-state index contributed by atoms with van der Waals surface area (Å²) in [5, 5.41) is 4.39. The fourth-order valence-corrected chi connectivity index (χ4v) is 6.06. The van der Waals surface area contributed by atoms with Crippen LogP contribution in [0.15, 0.2) is 101 Å². The minimum Gasteiger partial charge on any atom is -0.490 e. The average Bonchev–Trinajstić information content (AvgIpc) is 3.91. The van der Waals surface area contributed by atoms with Crippen LogP contribution in [0.3, 0.4) is 0 Å². The zero-order valence-corrected chi connectivity index (χ0v) is 30.5. The van der Waals surface area contributed by atoms with E-state index in [9.17, 15) is 0 Å². The van der Waals surface area contributed by atoms with E-state index in [-0.39, 0.29) is 20.1 Å². The van der Waals surface area contributed by atoms with Crippen molar-refractivity contribution in [1.29, 1.82) is 0 Å². The van der Waals surface area contributed by atoms with Gasteiger partial charge in [0.2, 0.25) is 0 Å². The quantitative estimate of drug-likeness (QED) is 0.154. The molecule has 4 aromatic carbocycles. The Kier molecular flexibility index (Phi) is 9.72. The molecular weight excluding hydrogens is 791 g/mol. The summed E-state index contributed by atoms with van der Waals surface area (Å²) in [7, 11) is 0. The molecule has 0 aliphatic heterocycles. The van der Waals surface area contributed by atoms with Gasteiger partial charge in [0.1, 0.15) is 6.33 Å². The van der Waals surface area contributed by atoms with Crippen LogP contribution >= 0.6 is 0 Å². The van der Waals surface area contributed by atoms with Gasteiger partial charge in [-0.25, -0.2) is 9.97 Å². The van der Waals surface area contributed by atoms with Crippen molar-refractivity contribution in [2.75, 3.05) is 0 Å². The molecule has 0 saturated carbocycles. The maximum absolute atomic E-state index is 5.34. The number of rotatable bonds is 6. The first-order chi connectivity index (χ1) is 23.3. The fraction of sp³-hybridized carbons (Fsp3) is 0.205. The number of hydrogen-bond donors (Lipinski definition) is 0. The molecule has 0 amide bonds. The smallest absolute Gasteiger partial charge is 0.169 e. The van der Waals surface area contributed by atoms with Crippen molar-refractivity contribution in [2.24, 2.45) is 0 Å². The molecule has 8 rings (SSSR count). The number of oxazole rings is 2. The van der Waals surface area contributed by atoms with Gasteiger partial charge in [-0.1, -0.05) is 64.1 Å². The second-order valence-electron chi connectivity index (χ2n) is 12.3. The van der Waals surface area contributed by atoms with E-state index in [1.54, 1.807) is 12.4 Å². The zero-order valence-electron chi connectivity index (χ0n) is 28.1. The van der Waals surface area contributed by atoms with Crippen molar-refractivity contribution < 1.29 is 28.9 Å². The Morgan fingerprint density at radius 3 is 1.80 bits per heavy atom. The summed E-state index contributed by atoms with van der Waals surface area (Å²) in [4.78, 5) is 17.5. The molecule has 0 atom stereocenters. The van der Waals surface area contributed by atoms with Crippen molar-refractivity contribution in [3.63, 3.8) is 0 Å². The molecule has 0 saturated heterocycles. The van der Waals surface area contributed by atoms with E-state index in [0.717, 1.165) is 56.2 Å². The summed E-state index contributed by atoms with van der Waals surface area (Å²) in [5.74, 6) is 2.44. The third-order valence-electron chi connectivity index (χ3n) is 8.43. The first-order valence-corrected chi connectivity index (χ1v) is 15.9. The molecule has 4 heterocycles. The molecule has 0 fully saturated rings. The number of aryl methyl sites for hydroxylation is 2. The van der Waals surface area contributed by atoms with Gasteiger partial charge in [0, 0.05) is 49.2 Å². The summed E-state index contributed by atoms with van der Waals surface area (Å²) >= 11 is 0. The number of benzene rings is 4. The van der Waals surface area contributed by atoms with Gasteiger partial charge >= 0.3 is 0 Å². The van der Waals surface area contributed by atoms with E-state index in [4.69, 9.17) is 8.83 Å². The van der Waals surface area contributed by atoms with Gasteiger partial charge in [-0.3, -0.25) is 14.6 Å². The number of imidazole rings is 1. The minimum absolute atomic E-state index is 0. The van der Waals surface area contributed by atoms with E-state index in [1.165, 1.54) is 29.6 Å². The van der Waals surface area contributed by atoms with Crippen molar-refractivity contribution in [1.82, 2.24) is 34.3 Å². The molecule has 10 heteroatoms. The van der Waals surface area contributed by atoms with Crippen molar-refractivity contribution in [3.05, 3.63) is 127 Å². The summed E-state index contributed by atoms with van der Waals surface area (Å²) < 4.78 is 14.6. The first-order valence-electron chi connectivity index (χ1n) is 15.9. The molecule has 9 nitrogen and oxygen atoms in total. The number of hydrogen-bond acceptors (Lipinski definition) is 7. The van der Waals surface area contributed by atoms with Crippen molar-refractivity contribution >= 4 is 22.2 Å². The molecule has 0 aliphatic rings. The molecule has 8 aromatic rings. The van der Waals surface area contributed by atoms with Gasteiger partial charge in [0.25, 0.3) is 0 Å². The standard InChI is InChI=1S/C22H22N3O.C17H13N4O.Ir/c1-14(2)17-6-5-7-18(15(3)4)21(17)25-11-10-23-22(25)16-8-9-20-19(12-16)24-13-26-20;1-11-4-3-5-12(2)16(11)21-17(18-9-20-21)13-6-7-15-14(8-13)19-10-22-15;/h5-7,9-15H,1-4H3;3-5,7-10H,1-2H3;/q2*-1;. The Morgan fingerprint density at radius 1 is 0.673 bits per heavy atom. The van der Waals surface area contributed by atoms with Gasteiger partial charge in [-0.2, -0.15) is 5.10 Å². The molecule has 49 heavy (non-hydrogen) atoms. The van der Waals surface area contributed by atoms with Crippen LogP contribution in [0, 0.1) is 26.0 Å². The average molecular weight is 826 g/mol. The van der Waals surface area contributed by atoms with Crippen LogP contribution in [0.5, 0.6) is 0 Å². The third-order valence-corrected chi connectivity index (χ3v) is 8.43. The first kappa shape index (κ1) is 33.7. The van der Waals surface area contributed by atoms with E-state index < -0.39 is 0 Å². The zero-order chi connectivity index (χ0) is 33.4. The molecule has 0 unspecified atom stereocenters. The second kappa shape index (κ2) is 14.1. The van der Waals surface area contributed by atoms with Gasteiger partial charge in [0.05, 0.1) is 28.5 Å². The summed E-state index contributed by atoms with van der Waals surface area (Å²) in [6.45, 7) is 13.1. The van der Waals surface area contributed by atoms with E-state index in [0.29, 0.717) is 17.4 Å². The van der Waals surface area contributed by atoms with E-state index in [2.05, 4.69) is 114 Å². The van der Waals surface area contributed by atoms with Crippen molar-refractivity contribution in [3.8, 4) is 34.2 Å². The maximum Gasteiger partial charge on any atom is 0.169 e. The van der Waals surface area contributed by atoms with Crippen LogP contribution < -0.4 is 0 Å². The van der Waals surface area contributed by atoms with E-state index >= 15 is 0 Å². The van der Waals surface area contributed by atoms with Crippen LogP contribution in [0.2, 0.25) is 0 Å². The van der Waals surface area contributed by atoms with Crippen LogP contribution in [0.25, 0.3) is 56.3 Å². The summed E-state index contributed by atoms with van der Waals surface area (Å²) in [6, 6.07) is 26.7. The van der Waals surface area contributed by atoms with Crippen LogP contribution in [0.1, 0.15) is 61.8 Å². The fourth-order valence-electron chi connectivity index (χ4n) is 6.06. The molecule has 4 aromatic heterocycles.